The van der Waals surface area contributed by atoms with Crippen molar-refractivity contribution in [1.29, 1.82) is 0 Å². The molecular weight excluding hydrogens is 348 g/mol. The number of hydrogen-bond acceptors (Lipinski definition) is 6. The van der Waals surface area contributed by atoms with Crippen LogP contribution in [-0.2, 0) is 0 Å². The Morgan fingerprint density at radius 2 is 2.00 bits per heavy atom. The Balaban J connectivity index is 1.39. The van der Waals surface area contributed by atoms with E-state index in [9.17, 15) is 4.79 Å². The fourth-order valence-corrected chi connectivity index (χ4v) is 4.05. The summed E-state index contributed by atoms with van der Waals surface area (Å²) in [5.74, 6) is 1.02. The third-order valence-electron chi connectivity index (χ3n) is 4.59. The van der Waals surface area contributed by atoms with E-state index in [1.165, 1.54) is 0 Å². The molecule has 2 aromatic rings. The predicted molar refractivity (Wildman–Crippen MR) is 91.9 cm³/mol. The summed E-state index contributed by atoms with van der Waals surface area (Å²) >= 11 is 6.99. The first-order valence-electron chi connectivity index (χ1n) is 7.97. The third kappa shape index (κ3) is 3.38. The van der Waals surface area contributed by atoms with Crippen LogP contribution in [0.3, 0.4) is 0 Å². The van der Waals surface area contributed by atoms with E-state index >= 15 is 0 Å². The largest absolute Gasteiger partial charge is 0.430 e. The van der Waals surface area contributed by atoms with Crippen LogP contribution in [0.15, 0.2) is 24.3 Å². The van der Waals surface area contributed by atoms with Gasteiger partial charge in [0.2, 0.25) is 5.01 Å². The molecule has 24 heavy (non-hydrogen) atoms. The maximum absolute atomic E-state index is 12.4. The number of carbonyl (C=O) groups excluding carboxylic acids is 1. The van der Waals surface area contributed by atoms with E-state index in [1.54, 1.807) is 24.3 Å². The third-order valence-corrected chi connectivity index (χ3v) is 5.64. The van der Waals surface area contributed by atoms with Crippen LogP contribution in [0.25, 0.3) is 0 Å². The first-order valence-corrected chi connectivity index (χ1v) is 9.17. The highest BCUT2D eigenvalue weighted by molar-refractivity contribution is 7.15. The van der Waals surface area contributed by atoms with Gasteiger partial charge in [0.1, 0.15) is 5.75 Å². The van der Waals surface area contributed by atoms with Crippen LogP contribution in [0.4, 0.5) is 0 Å². The van der Waals surface area contributed by atoms with Crippen LogP contribution >= 0.6 is 22.9 Å². The van der Waals surface area contributed by atoms with Gasteiger partial charge in [0.25, 0.3) is 11.1 Å². The van der Waals surface area contributed by atoms with E-state index in [1.807, 2.05) is 0 Å². The second-order valence-electron chi connectivity index (χ2n) is 6.15. The van der Waals surface area contributed by atoms with Crippen molar-refractivity contribution in [3.05, 3.63) is 34.3 Å². The van der Waals surface area contributed by atoms with Crippen LogP contribution in [0.2, 0.25) is 5.02 Å². The van der Waals surface area contributed by atoms with Crippen LogP contribution < -0.4 is 10.1 Å². The standard InChI is InChI=1S/C16H17ClN4O2S/c17-11-1-3-12(4-2-11)23-16-20-19-15(24-16)14(22)18-13-9-21-7-5-10(13)6-8-21/h1-4,10,13H,5-9H2,(H,18,22). The van der Waals surface area contributed by atoms with Gasteiger partial charge in [-0.15, -0.1) is 5.10 Å². The van der Waals surface area contributed by atoms with Gasteiger partial charge in [0.05, 0.1) is 0 Å². The maximum atomic E-state index is 12.4. The van der Waals surface area contributed by atoms with Crippen molar-refractivity contribution >= 4 is 28.8 Å². The molecule has 1 N–H and O–H groups in total. The molecule has 1 aromatic heterocycles. The maximum Gasteiger partial charge on any atom is 0.300 e. The first kappa shape index (κ1) is 15.8. The smallest absolute Gasteiger partial charge is 0.300 e. The fraction of sp³-hybridized carbons (Fsp3) is 0.438. The second-order valence-corrected chi connectivity index (χ2v) is 7.52. The lowest BCUT2D eigenvalue weighted by atomic mass is 9.84. The summed E-state index contributed by atoms with van der Waals surface area (Å²) in [7, 11) is 0. The number of ether oxygens (including phenoxy) is 1. The highest BCUT2D eigenvalue weighted by Gasteiger charge is 2.35. The topological polar surface area (TPSA) is 67.4 Å². The van der Waals surface area contributed by atoms with E-state index in [0.717, 1.165) is 43.8 Å². The number of amides is 1. The average Bonchev–Trinajstić information content (AvgIpc) is 3.07. The number of halogens is 1. The Labute approximate surface area is 148 Å². The van der Waals surface area contributed by atoms with Crippen molar-refractivity contribution in [3.8, 4) is 10.9 Å². The molecule has 0 radical (unpaired) electrons. The van der Waals surface area contributed by atoms with E-state index in [-0.39, 0.29) is 11.9 Å². The molecule has 3 fully saturated rings. The second kappa shape index (κ2) is 6.66. The van der Waals surface area contributed by atoms with Crippen LogP contribution in [0.1, 0.15) is 22.6 Å². The van der Waals surface area contributed by atoms with Gasteiger partial charge in [0.15, 0.2) is 0 Å². The summed E-state index contributed by atoms with van der Waals surface area (Å²) in [5.41, 5.74) is 0. The fourth-order valence-electron chi connectivity index (χ4n) is 3.30. The minimum absolute atomic E-state index is 0.169. The Bertz CT molecular complexity index is 728. The van der Waals surface area contributed by atoms with Gasteiger partial charge < -0.3 is 15.0 Å². The summed E-state index contributed by atoms with van der Waals surface area (Å²) < 4.78 is 5.60. The number of nitrogens with zero attached hydrogens (tertiary/aromatic N) is 3. The summed E-state index contributed by atoms with van der Waals surface area (Å²) in [6.07, 6.45) is 2.32. The number of nitrogens with one attached hydrogen (secondary N) is 1. The van der Waals surface area contributed by atoms with Gasteiger partial charge in [-0.05, 0) is 67.5 Å². The summed E-state index contributed by atoms with van der Waals surface area (Å²) in [6, 6.07) is 7.18. The minimum atomic E-state index is -0.169. The van der Waals surface area contributed by atoms with E-state index in [4.69, 9.17) is 16.3 Å². The number of piperidine rings is 3. The lowest BCUT2D eigenvalue weighted by Gasteiger charge is -2.44. The van der Waals surface area contributed by atoms with Gasteiger partial charge in [-0.25, -0.2) is 0 Å². The highest BCUT2D eigenvalue weighted by atomic mass is 35.5. The van der Waals surface area contributed by atoms with Crippen LogP contribution in [0.5, 0.6) is 10.9 Å². The van der Waals surface area contributed by atoms with Gasteiger partial charge in [-0.1, -0.05) is 16.7 Å². The molecule has 1 unspecified atom stereocenters. The number of hydrogen-bond donors (Lipinski definition) is 1. The van der Waals surface area contributed by atoms with Crippen molar-refractivity contribution in [1.82, 2.24) is 20.4 Å². The van der Waals surface area contributed by atoms with Crippen molar-refractivity contribution < 1.29 is 9.53 Å². The molecule has 5 rings (SSSR count). The van der Waals surface area contributed by atoms with E-state index < -0.39 is 0 Å². The van der Waals surface area contributed by atoms with Crippen molar-refractivity contribution in [2.45, 2.75) is 18.9 Å². The van der Waals surface area contributed by atoms with Gasteiger partial charge in [-0.2, -0.15) is 0 Å². The summed E-state index contributed by atoms with van der Waals surface area (Å²) in [5, 5.41) is 12.3. The molecule has 8 heteroatoms. The molecule has 0 aliphatic carbocycles. The Morgan fingerprint density at radius 1 is 1.25 bits per heavy atom. The zero-order valence-electron chi connectivity index (χ0n) is 12.9. The predicted octanol–water partition coefficient (Wildman–Crippen LogP) is 2.81. The summed E-state index contributed by atoms with van der Waals surface area (Å²) in [4.78, 5) is 14.8. The van der Waals surface area contributed by atoms with Crippen LogP contribution in [-0.4, -0.2) is 46.7 Å². The van der Waals surface area contributed by atoms with Crippen molar-refractivity contribution in [2.24, 2.45) is 5.92 Å². The molecule has 1 atom stereocenters. The molecule has 3 aliphatic heterocycles. The number of aromatic nitrogens is 2. The zero-order chi connectivity index (χ0) is 16.5. The molecule has 4 heterocycles. The number of fused-ring (bicyclic) bond motifs is 3. The van der Waals surface area contributed by atoms with E-state index in [2.05, 4.69) is 20.4 Å². The average molecular weight is 365 g/mol. The molecular formula is C16H17ClN4O2S. The Morgan fingerprint density at radius 3 is 2.67 bits per heavy atom. The molecule has 1 amide bonds. The molecule has 0 spiro atoms. The van der Waals surface area contributed by atoms with Gasteiger partial charge in [-0.3, -0.25) is 4.79 Å². The highest BCUT2D eigenvalue weighted by Crippen LogP contribution is 2.29. The molecule has 3 saturated heterocycles. The monoisotopic (exact) mass is 364 g/mol. The minimum Gasteiger partial charge on any atom is -0.430 e. The Hall–Kier alpha value is -1.70. The van der Waals surface area contributed by atoms with Gasteiger partial charge >= 0.3 is 0 Å². The molecule has 2 bridgehead atoms. The Kier molecular flexibility index (Phi) is 4.39. The molecule has 126 valence electrons. The summed E-state index contributed by atoms with van der Waals surface area (Å²) in [6.45, 7) is 3.23. The zero-order valence-corrected chi connectivity index (χ0v) is 14.5. The van der Waals surface area contributed by atoms with Gasteiger partial charge in [0, 0.05) is 17.6 Å². The molecule has 6 nitrogen and oxygen atoms in total. The molecule has 1 aromatic carbocycles. The van der Waals surface area contributed by atoms with E-state index in [0.29, 0.717) is 26.9 Å². The lowest BCUT2D eigenvalue weighted by Crippen LogP contribution is -2.57. The lowest BCUT2D eigenvalue weighted by molar-refractivity contribution is 0.0620. The number of rotatable bonds is 4. The number of carbonyl (C=O) groups is 1. The molecule has 3 aliphatic rings. The number of benzene rings is 1. The van der Waals surface area contributed by atoms with Crippen molar-refractivity contribution in [3.63, 3.8) is 0 Å². The van der Waals surface area contributed by atoms with Crippen molar-refractivity contribution in [2.75, 3.05) is 19.6 Å². The molecule has 0 saturated carbocycles. The van der Waals surface area contributed by atoms with Crippen LogP contribution in [0, 0.1) is 5.92 Å². The first-order chi connectivity index (χ1) is 11.7. The normalized spacial score (nSPS) is 25.5. The SMILES string of the molecule is O=C(NC1CN2CCC1CC2)c1nnc(Oc2ccc(Cl)cc2)s1. The quantitative estimate of drug-likeness (QED) is 0.903.